The fourth-order valence-corrected chi connectivity index (χ4v) is 2.18. The summed E-state index contributed by atoms with van der Waals surface area (Å²) in [6, 6.07) is 9.58. The largest absolute Gasteiger partial charge is 0.495 e. The quantitative estimate of drug-likeness (QED) is 0.842. The second-order valence-electron chi connectivity index (χ2n) is 5.91. The van der Waals surface area contributed by atoms with Crippen LogP contribution >= 0.6 is 0 Å². The summed E-state index contributed by atoms with van der Waals surface area (Å²) in [6.45, 7) is 6.04. The first-order valence-electron chi connectivity index (χ1n) is 7.65. The van der Waals surface area contributed by atoms with E-state index < -0.39 is 0 Å². The number of hydrogen-bond donors (Lipinski definition) is 2. The summed E-state index contributed by atoms with van der Waals surface area (Å²) in [5.74, 6) is 1.63. The Balaban J connectivity index is 2.06. The molecule has 0 saturated carbocycles. The molecule has 1 heterocycles. The third-order valence-corrected chi connectivity index (χ3v) is 3.26. The molecule has 2 aromatic rings. The normalized spacial score (nSPS) is 10.5. The Morgan fingerprint density at radius 1 is 1.26 bits per heavy atom. The van der Waals surface area contributed by atoms with Crippen molar-refractivity contribution in [3.63, 3.8) is 0 Å². The topological polar surface area (TPSA) is 63.2 Å². The molecular weight excluding hydrogens is 290 g/mol. The standard InChI is InChI=1S/C18H23N3O2/c1-12(2)9-18(22)21-17-8-6-14(11-19-17)20-15-10-13(3)5-7-16(15)23-4/h5-8,10-12,20H,9H2,1-4H3,(H,19,21,22). The molecule has 0 spiro atoms. The monoisotopic (exact) mass is 313 g/mol. The smallest absolute Gasteiger partial charge is 0.225 e. The number of methoxy groups -OCH3 is 1. The molecule has 0 aliphatic carbocycles. The molecule has 0 saturated heterocycles. The van der Waals surface area contributed by atoms with Crippen molar-refractivity contribution in [2.24, 2.45) is 5.92 Å². The molecule has 1 aromatic carbocycles. The number of rotatable bonds is 6. The molecule has 5 heteroatoms. The van der Waals surface area contributed by atoms with E-state index in [2.05, 4.69) is 15.6 Å². The van der Waals surface area contributed by atoms with Crippen molar-refractivity contribution in [3.8, 4) is 5.75 Å². The van der Waals surface area contributed by atoms with E-state index >= 15 is 0 Å². The third kappa shape index (κ3) is 4.98. The van der Waals surface area contributed by atoms with Crippen molar-refractivity contribution in [2.75, 3.05) is 17.7 Å². The summed E-state index contributed by atoms with van der Waals surface area (Å²) in [6.07, 6.45) is 2.18. The van der Waals surface area contributed by atoms with Gasteiger partial charge in [-0.2, -0.15) is 0 Å². The first-order chi connectivity index (χ1) is 11.0. The summed E-state index contributed by atoms with van der Waals surface area (Å²) in [5.41, 5.74) is 2.85. The number of carbonyl (C=O) groups is 1. The summed E-state index contributed by atoms with van der Waals surface area (Å²) < 4.78 is 5.35. The number of nitrogens with one attached hydrogen (secondary N) is 2. The minimum absolute atomic E-state index is 0.0198. The van der Waals surface area contributed by atoms with Gasteiger partial charge < -0.3 is 15.4 Å². The molecule has 0 radical (unpaired) electrons. The molecule has 0 aliphatic rings. The maximum absolute atomic E-state index is 11.7. The number of aryl methyl sites for hydroxylation is 1. The number of ether oxygens (including phenoxy) is 1. The Morgan fingerprint density at radius 2 is 2.04 bits per heavy atom. The highest BCUT2D eigenvalue weighted by atomic mass is 16.5. The van der Waals surface area contributed by atoms with Crippen LogP contribution in [0.5, 0.6) is 5.75 Å². The van der Waals surface area contributed by atoms with Crippen LogP contribution in [0.25, 0.3) is 0 Å². The summed E-state index contributed by atoms with van der Waals surface area (Å²) in [4.78, 5) is 16.0. The summed E-state index contributed by atoms with van der Waals surface area (Å²) in [7, 11) is 1.64. The molecule has 1 aromatic heterocycles. The summed E-state index contributed by atoms with van der Waals surface area (Å²) >= 11 is 0. The van der Waals surface area contributed by atoms with Gasteiger partial charge in [0.15, 0.2) is 0 Å². The zero-order chi connectivity index (χ0) is 16.8. The highest BCUT2D eigenvalue weighted by Gasteiger charge is 2.07. The lowest BCUT2D eigenvalue weighted by Crippen LogP contribution is -2.14. The fourth-order valence-electron chi connectivity index (χ4n) is 2.18. The molecule has 23 heavy (non-hydrogen) atoms. The molecule has 0 fully saturated rings. The van der Waals surface area contributed by atoms with Crippen LogP contribution < -0.4 is 15.4 Å². The Morgan fingerprint density at radius 3 is 2.65 bits per heavy atom. The Kier molecular flexibility index (Phi) is 5.57. The number of aromatic nitrogens is 1. The Hall–Kier alpha value is -2.56. The van der Waals surface area contributed by atoms with Crippen LogP contribution in [0.1, 0.15) is 25.8 Å². The van der Waals surface area contributed by atoms with Crippen molar-refractivity contribution in [1.82, 2.24) is 4.98 Å². The van der Waals surface area contributed by atoms with Crippen molar-refractivity contribution in [2.45, 2.75) is 27.2 Å². The van der Waals surface area contributed by atoms with Crippen LogP contribution in [-0.2, 0) is 4.79 Å². The van der Waals surface area contributed by atoms with E-state index in [9.17, 15) is 4.79 Å². The predicted octanol–water partition coefficient (Wildman–Crippen LogP) is 4.13. The highest BCUT2D eigenvalue weighted by Crippen LogP contribution is 2.28. The molecule has 0 aliphatic heterocycles. The second kappa shape index (κ2) is 7.63. The van der Waals surface area contributed by atoms with Crippen LogP contribution in [0.4, 0.5) is 17.2 Å². The van der Waals surface area contributed by atoms with E-state index in [4.69, 9.17) is 4.74 Å². The van der Waals surface area contributed by atoms with E-state index in [1.54, 1.807) is 19.4 Å². The second-order valence-corrected chi connectivity index (χ2v) is 5.91. The van der Waals surface area contributed by atoms with Gasteiger partial charge in [-0.15, -0.1) is 0 Å². The number of anilines is 3. The predicted molar refractivity (Wildman–Crippen MR) is 93.3 cm³/mol. The Labute approximate surface area is 137 Å². The summed E-state index contributed by atoms with van der Waals surface area (Å²) in [5, 5.41) is 6.07. The van der Waals surface area contributed by atoms with Gasteiger partial charge in [0.1, 0.15) is 11.6 Å². The number of carbonyl (C=O) groups excluding carboxylic acids is 1. The maximum atomic E-state index is 11.7. The zero-order valence-electron chi connectivity index (χ0n) is 14.0. The van der Waals surface area contributed by atoms with Crippen molar-refractivity contribution in [1.29, 1.82) is 0 Å². The van der Waals surface area contributed by atoms with Crippen LogP contribution in [0, 0.1) is 12.8 Å². The van der Waals surface area contributed by atoms with Gasteiger partial charge in [-0.3, -0.25) is 4.79 Å². The molecule has 122 valence electrons. The van der Waals surface area contributed by atoms with E-state index in [0.29, 0.717) is 18.2 Å². The van der Waals surface area contributed by atoms with Gasteiger partial charge in [-0.1, -0.05) is 19.9 Å². The van der Waals surface area contributed by atoms with Gasteiger partial charge in [0, 0.05) is 6.42 Å². The van der Waals surface area contributed by atoms with Crippen molar-refractivity contribution in [3.05, 3.63) is 42.1 Å². The van der Waals surface area contributed by atoms with Gasteiger partial charge in [0.25, 0.3) is 0 Å². The number of amides is 1. The van der Waals surface area contributed by atoms with Gasteiger partial charge in [-0.25, -0.2) is 4.98 Å². The average Bonchev–Trinajstić information content (AvgIpc) is 2.48. The van der Waals surface area contributed by atoms with Crippen LogP contribution in [-0.4, -0.2) is 18.0 Å². The minimum Gasteiger partial charge on any atom is -0.495 e. The van der Waals surface area contributed by atoms with Crippen LogP contribution in [0.3, 0.4) is 0 Å². The average molecular weight is 313 g/mol. The SMILES string of the molecule is COc1ccc(C)cc1Nc1ccc(NC(=O)CC(C)C)nc1. The molecule has 0 bridgehead atoms. The molecule has 0 atom stereocenters. The van der Waals surface area contributed by atoms with E-state index in [1.165, 1.54) is 0 Å². The number of hydrogen-bond acceptors (Lipinski definition) is 4. The van der Waals surface area contributed by atoms with Crippen molar-refractivity contribution >= 4 is 23.1 Å². The molecule has 2 rings (SSSR count). The highest BCUT2D eigenvalue weighted by molar-refractivity contribution is 5.90. The molecule has 5 nitrogen and oxygen atoms in total. The van der Waals surface area contributed by atoms with Gasteiger partial charge in [0.05, 0.1) is 24.7 Å². The molecule has 1 amide bonds. The zero-order valence-corrected chi connectivity index (χ0v) is 14.0. The number of pyridine rings is 1. The first-order valence-corrected chi connectivity index (χ1v) is 7.65. The number of benzene rings is 1. The number of nitrogens with zero attached hydrogens (tertiary/aromatic N) is 1. The Bertz CT molecular complexity index is 666. The lowest BCUT2D eigenvalue weighted by Gasteiger charge is -2.12. The van der Waals surface area contributed by atoms with Crippen LogP contribution in [0.15, 0.2) is 36.5 Å². The molecule has 2 N–H and O–H groups in total. The van der Waals surface area contributed by atoms with Gasteiger partial charge in [0.2, 0.25) is 5.91 Å². The van der Waals surface area contributed by atoms with Crippen molar-refractivity contribution < 1.29 is 9.53 Å². The van der Waals surface area contributed by atoms with E-state index in [0.717, 1.165) is 22.7 Å². The van der Waals surface area contributed by atoms with E-state index in [1.807, 2.05) is 45.0 Å². The fraction of sp³-hybridized carbons (Fsp3) is 0.333. The van der Waals surface area contributed by atoms with Gasteiger partial charge >= 0.3 is 0 Å². The molecule has 0 unspecified atom stereocenters. The minimum atomic E-state index is -0.0198. The molecular formula is C18H23N3O2. The first kappa shape index (κ1) is 16.8. The lowest BCUT2D eigenvalue weighted by atomic mass is 10.1. The third-order valence-electron chi connectivity index (χ3n) is 3.26. The van der Waals surface area contributed by atoms with Crippen LogP contribution in [0.2, 0.25) is 0 Å². The van der Waals surface area contributed by atoms with E-state index in [-0.39, 0.29) is 5.91 Å². The van der Waals surface area contributed by atoms with Gasteiger partial charge in [-0.05, 0) is 42.7 Å². The lowest BCUT2D eigenvalue weighted by molar-refractivity contribution is -0.116. The maximum Gasteiger partial charge on any atom is 0.225 e.